The average molecular weight is 340 g/mol. The van der Waals surface area contributed by atoms with E-state index in [2.05, 4.69) is 40.1 Å². The van der Waals surface area contributed by atoms with E-state index >= 15 is 0 Å². The monoisotopic (exact) mass is 339 g/mol. The third-order valence-corrected chi connectivity index (χ3v) is 4.56. The highest BCUT2D eigenvalue weighted by molar-refractivity contribution is 9.10. The molecule has 1 fully saturated rings. The topological polar surface area (TPSA) is 58.4 Å². The molecule has 1 amide bonds. The number of nitrogens with one attached hydrogen (secondary N) is 1. The van der Waals surface area contributed by atoms with Crippen molar-refractivity contribution in [3.8, 4) is 0 Å². The molecule has 1 aromatic rings. The van der Waals surface area contributed by atoms with Gasteiger partial charge in [-0.05, 0) is 42.5 Å². The van der Waals surface area contributed by atoms with Gasteiger partial charge in [-0.25, -0.2) is 5.84 Å². The van der Waals surface area contributed by atoms with E-state index in [4.69, 9.17) is 5.84 Å². The summed E-state index contributed by atoms with van der Waals surface area (Å²) in [6.45, 7) is 7.81. The van der Waals surface area contributed by atoms with Gasteiger partial charge in [0.1, 0.15) is 0 Å². The molecule has 1 aliphatic rings. The first-order chi connectivity index (χ1) is 9.41. The minimum atomic E-state index is -0.267. The number of carbonyl (C=O) groups is 1. The molecular weight excluding hydrogens is 318 g/mol. The number of hydrogen-bond donors (Lipinski definition) is 2. The fourth-order valence-corrected chi connectivity index (χ4v) is 3.32. The molecule has 1 aromatic carbocycles. The highest BCUT2D eigenvalue weighted by atomic mass is 79.9. The van der Waals surface area contributed by atoms with Crippen molar-refractivity contribution in [3.63, 3.8) is 0 Å². The van der Waals surface area contributed by atoms with Crippen LogP contribution in [0.2, 0.25) is 0 Å². The summed E-state index contributed by atoms with van der Waals surface area (Å²) in [7, 11) is 0. The lowest BCUT2D eigenvalue weighted by Crippen LogP contribution is -2.39. The normalized spacial score (nSPS) is 18.8. The Bertz CT molecular complexity index is 502. The van der Waals surface area contributed by atoms with Crippen molar-refractivity contribution in [2.75, 3.05) is 13.1 Å². The molecule has 3 N–H and O–H groups in total. The largest absolute Gasteiger partial charge is 0.299 e. The van der Waals surface area contributed by atoms with Crippen LogP contribution in [-0.2, 0) is 6.54 Å². The Morgan fingerprint density at radius 1 is 1.50 bits per heavy atom. The summed E-state index contributed by atoms with van der Waals surface area (Å²) in [6, 6.07) is 5.64. The van der Waals surface area contributed by atoms with Gasteiger partial charge in [-0.1, -0.05) is 35.8 Å². The second-order valence-corrected chi connectivity index (χ2v) is 7.11. The minimum absolute atomic E-state index is 0.267. The lowest BCUT2D eigenvalue weighted by molar-refractivity contribution is 0.0953. The second kappa shape index (κ2) is 6.24. The number of halogens is 1. The third-order valence-electron chi connectivity index (χ3n) is 3.82. The molecule has 0 aliphatic carbocycles. The maximum absolute atomic E-state index is 11.5. The van der Waals surface area contributed by atoms with E-state index in [9.17, 15) is 4.79 Å². The summed E-state index contributed by atoms with van der Waals surface area (Å²) >= 11 is 3.55. The zero-order valence-electron chi connectivity index (χ0n) is 12.1. The molecule has 0 radical (unpaired) electrons. The molecule has 0 atom stereocenters. The van der Waals surface area contributed by atoms with Crippen LogP contribution in [0.15, 0.2) is 22.7 Å². The number of hydrazine groups is 1. The van der Waals surface area contributed by atoms with Crippen LogP contribution in [0.25, 0.3) is 0 Å². The van der Waals surface area contributed by atoms with E-state index in [1.807, 2.05) is 18.2 Å². The van der Waals surface area contributed by atoms with Crippen LogP contribution in [0, 0.1) is 5.41 Å². The Morgan fingerprint density at radius 3 is 2.85 bits per heavy atom. The van der Waals surface area contributed by atoms with E-state index in [1.165, 1.54) is 18.4 Å². The van der Waals surface area contributed by atoms with Gasteiger partial charge in [-0.3, -0.25) is 15.1 Å². The number of nitrogens with two attached hydrogens (primary N) is 1. The van der Waals surface area contributed by atoms with Gasteiger partial charge >= 0.3 is 0 Å². The molecule has 0 aromatic heterocycles. The van der Waals surface area contributed by atoms with Crippen molar-refractivity contribution in [3.05, 3.63) is 33.8 Å². The van der Waals surface area contributed by atoms with E-state index in [-0.39, 0.29) is 5.91 Å². The molecule has 1 saturated heterocycles. The number of rotatable bonds is 3. The van der Waals surface area contributed by atoms with Crippen molar-refractivity contribution in [2.24, 2.45) is 11.3 Å². The zero-order chi connectivity index (χ0) is 14.8. The maximum atomic E-state index is 11.5. The summed E-state index contributed by atoms with van der Waals surface area (Å²) < 4.78 is 0.960. The molecule has 5 heteroatoms. The molecule has 1 aliphatic heterocycles. The summed E-state index contributed by atoms with van der Waals surface area (Å²) in [4.78, 5) is 14.0. The van der Waals surface area contributed by atoms with Crippen LogP contribution in [0.3, 0.4) is 0 Å². The van der Waals surface area contributed by atoms with Crippen molar-refractivity contribution in [2.45, 2.75) is 33.2 Å². The van der Waals surface area contributed by atoms with Gasteiger partial charge in [0, 0.05) is 23.1 Å². The Morgan fingerprint density at radius 2 is 2.25 bits per heavy atom. The predicted octanol–water partition coefficient (Wildman–Crippen LogP) is 2.67. The van der Waals surface area contributed by atoms with Crippen LogP contribution in [0.5, 0.6) is 0 Å². The summed E-state index contributed by atoms with van der Waals surface area (Å²) in [5, 5.41) is 0. The van der Waals surface area contributed by atoms with Gasteiger partial charge in [0.05, 0.1) is 0 Å². The van der Waals surface area contributed by atoms with Crippen LogP contribution in [-0.4, -0.2) is 23.9 Å². The predicted molar refractivity (Wildman–Crippen MR) is 84.1 cm³/mol. The van der Waals surface area contributed by atoms with Gasteiger partial charge in [0.25, 0.3) is 5.91 Å². The number of nitrogen functional groups attached to an aromatic ring is 1. The standard InChI is InChI=1S/C15H22BrN3O/c1-15(2)6-3-7-19(10-15)9-12-5-4-11(8-13(12)16)14(20)18-17/h4-5,8H,3,6-7,9-10,17H2,1-2H3,(H,18,20). The van der Waals surface area contributed by atoms with Crippen LogP contribution >= 0.6 is 15.9 Å². The van der Waals surface area contributed by atoms with E-state index in [0.717, 1.165) is 24.1 Å². The number of carbonyl (C=O) groups excluding carboxylic acids is 1. The van der Waals surface area contributed by atoms with Gasteiger partial charge in [0.15, 0.2) is 0 Å². The molecule has 0 saturated carbocycles. The van der Waals surface area contributed by atoms with Gasteiger partial charge in [-0.2, -0.15) is 0 Å². The quantitative estimate of drug-likeness (QED) is 0.505. The number of benzene rings is 1. The molecule has 1 heterocycles. The number of likely N-dealkylation sites (tertiary alicyclic amines) is 1. The van der Waals surface area contributed by atoms with Crippen molar-refractivity contribution in [1.29, 1.82) is 0 Å². The average Bonchev–Trinajstić information content (AvgIpc) is 2.39. The molecule has 0 spiro atoms. The molecule has 0 unspecified atom stereocenters. The molecular formula is C15H22BrN3O. The van der Waals surface area contributed by atoms with Crippen LogP contribution in [0.1, 0.15) is 42.6 Å². The molecule has 110 valence electrons. The van der Waals surface area contributed by atoms with Gasteiger partial charge < -0.3 is 0 Å². The number of nitrogens with zero attached hydrogens (tertiary/aromatic N) is 1. The number of piperidine rings is 1. The minimum Gasteiger partial charge on any atom is -0.299 e. The van der Waals surface area contributed by atoms with Crippen molar-refractivity contribution >= 4 is 21.8 Å². The fourth-order valence-electron chi connectivity index (χ4n) is 2.82. The van der Waals surface area contributed by atoms with Crippen LogP contribution < -0.4 is 11.3 Å². The number of amides is 1. The van der Waals surface area contributed by atoms with Crippen LogP contribution in [0.4, 0.5) is 0 Å². The van der Waals surface area contributed by atoms with Crippen molar-refractivity contribution in [1.82, 2.24) is 10.3 Å². The first-order valence-electron chi connectivity index (χ1n) is 6.93. The second-order valence-electron chi connectivity index (χ2n) is 6.26. The Kier molecular flexibility index (Phi) is 4.83. The Balaban J connectivity index is 2.08. The number of hydrogen-bond acceptors (Lipinski definition) is 3. The first kappa shape index (κ1) is 15.5. The highest BCUT2D eigenvalue weighted by Crippen LogP contribution is 2.30. The highest BCUT2D eigenvalue weighted by Gasteiger charge is 2.26. The van der Waals surface area contributed by atoms with Gasteiger partial charge in [-0.15, -0.1) is 0 Å². The smallest absolute Gasteiger partial charge is 0.265 e. The summed E-state index contributed by atoms with van der Waals surface area (Å²) in [5.74, 6) is 4.88. The summed E-state index contributed by atoms with van der Waals surface area (Å²) in [5.41, 5.74) is 4.32. The molecule has 20 heavy (non-hydrogen) atoms. The third kappa shape index (κ3) is 3.81. The van der Waals surface area contributed by atoms with E-state index < -0.39 is 0 Å². The fraction of sp³-hybridized carbons (Fsp3) is 0.533. The van der Waals surface area contributed by atoms with Gasteiger partial charge in [0.2, 0.25) is 0 Å². The first-order valence-corrected chi connectivity index (χ1v) is 7.72. The van der Waals surface area contributed by atoms with Crippen molar-refractivity contribution < 1.29 is 4.79 Å². The SMILES string of the molecule is CC1(C)CCCN(Cc2ccc(C(=O)NN)cc2Br)C1. The molecule has 4 nitrogen and oxygen atoms in total. The summed E-state index contributed by atoms with van der Waals surface area (Å²) in [6.07, 6.45) is 2.54. The van der Waals surface area contributed by atoms with E-state index in [1.54, 1.807) is 0 Å². The lowest BCUT2D eigenvalue weighted by Gasteiger charge is -2.38. The molecule has 0 bridgehead atoms. The zero-order valence-corrected chi connectivity index (χ0v) is 13.7. The van der Waals surface area contributed by atoms with E-state index in [0.29, 0.717) is 11.0 Å². The molecule has 2 rings (SSSR count). The Labute approximate surface area is 128 Å². The maximum Gasteiger partial charge on any atom is 0.265 e. The lowest BCUT2D eigenvalue weighted by atomic mass is 9.84. The Hall–Kier alpha value is -0.910.